The van der Waals surface area contributed by atoms with Crippen molar-refractivity contribution in [1.29, 1.82) is 0 Å². The fourth-order valence-corrected chi connectivity index (χ4v) is 12.8. The van der Waals surface area contributed by atoms with Crippen molar-refractivity contribution in [2.24, 2.45) is 52.6 Å². The van der Waals surface area contributed by atoms with Crippen LogP contribution in [0.5, 0.6) is 0 Å². The van der Waals surface area contributed by atoms with Gasteiger partial charge in [0, 0.05) is 118 Å². The summed E-state index contributed by atoms with van der Waals surface area (Å²) in [6, 6.07) is 0. The Morgan fingerprint density at radius 1 is 0.408 bits per heavy atom. The van der Waals surface area contributed by atoms with Crippen molar-refractivity contribution in [1.82, 2.24) is 92.1 Å². The quantitative estimate of drug-likeness (QED) is 0.0505. The number of piperidine rings is 5. The van der Waals surface area contributed by atoms with Gasteiger partial charge in [0.15, 0.2) is 0 Å². The second-order valence-corrected chi connectivity index (χ2v) is 34.0. The van der Waals surface area contributed by atoms with Crippen molar-refractivity contribution < 1.29 is 72.8 Å². The van der Waals surface area contributed by atoms with Crippen LogP contribution in [0.4, 0.5) is 0 Å². The van der Waals surface area contributed by atoms with E-state index >= 15 is 0 Å². The van der Waals surface area contributed by atoms with Crippen molar-refractivity contribution in [3.8, 4) is 0 Å². The highest BCUT2D eigenvalue weighted by molar-refractivity contribution is 6.16. The SMILES string of the molecule is C.C.C.C.C.C.C.C.C.C.C.C.C.C.CC12CNCCC1=NNC2=O.CN(C)C(C)(C)C(=O)N1CCC2=NNC(=O)C2(C)C1.CN(C)C(C)(C)C(=O)O.CN(C)CC(=O)N(C)C(C)(C)C(=O)N1CCC2=NNC(=O)C2(C)C1.CN(C)CCOO.CNC(C)(C)C(=O)N1CCC2=NNC(=O)C2(C)C1.CNCC(=O)N(C)C(C)(C)C(=O)N1CCC2=NNC(=O)C2(C)C1. The van der Waals surface area contributed by atoms with Crippen LogP contribution in [0, 0.1) is 27.1 Å². The smallest absolute Gasteiger partial charge is 0.323 e. The van der Waals surface area contributed by atoms with Gasteiger partial charge in [-0.3, -0.25) is 72.6 Å². The van der Waals surface area contributed by atoms with Crippen LogP contribution < -0.4 is 43.1 Å². The van der Waals surface area contributed by atoms with Gasteiger partial charge in [-0.05, 0) is 174 Å². The van der Waals surface area contributed by atoms with E-state index in [0.717, 1.165) is 54.6 Å². The lowest BCUT2D eigenvalue weighted by Crippen LogP contribution is -2.61. The average Bonchev–Trinajstić information content (AvgIpc) is 1.67. The molecule has 5 unspecified atom stereocenters. The van der Waals surface area contributed by atoms with Crippen LogP contribution in [-0.4, -0.2) is 363 Å². The lowest BCUT2D eigenvalue weighted by Gasteiger charge is -2.43. The Bertz CT molecular complexity index is 3650. The first-order chi connectivity index (χ1) is 51.0. The molecule has 0 bridgehead atoms. The van der Waals surface area contributed by atoms with Gasteiger partial charge < -0.3 is 60.3 Å². The summed E-state index contributed by atoms with van der Waals surface area (Å²) < 4.78 is 0. The van der Waals surface area contributed by atoms with Gasteiger partial charge >= 0.3 is 5.97 Å². The molecule has 10 heterocycles. The molecule has 125 heavy (non-hydrogen) atoms. The number of amides is 11. The summed E-state index contributed by atoms with van der Waals surface area (Å²) in [7, 11) is 21.4. The molecule has 0 spiro atoms. The Morgan fingerprint density at radius 2 is 0.680 bits per heavy atom. The largest absolute Gasteiger partial charge is 0.480 e. The molecule has 11 amide bonds. The number of nitrogens with zero attached hydrogens (tertiary/aromatic N) is 15. The van der Waals surface area contributed by atoms with Crippen molar-refractivity contribution >= 4 is 99.5 Å². The molecule has 38 nitrogen and oxygen atoms in total. The van der Waals surface area contributed by atoms with Crippen molar-refractivity contribution in [2.75, 3.05) is 176 Å². The molecule has 10 N–H and O–H groups in total. The molecule has 0 saturated carbocycles. The summed E-state index contributed by atoms with van der Waals surface area (Å²) in [6.07, 6.45) is 3.32. The summed E-state index contributed by atoms with van der Waals surface area (Å²) in [5.41, 5.74) is 9.77. The number of likely N-dealkylation sites (tertiary alicyclic amines) is 4. The lowest BCUT2D eigenvalue weighted by atomic mass is 9.79. The molecule has 0 aromatic carbocycles. The zero-order chi connectivity index (χ0) is 84.9. The highest BCUT2D eigenvalue weighted by Gasteiger charge is 2.55. The third kappa shape index (κ3) is 31.8. The number of fused-ring (bicyclic) bond motifs is 5. The maximum atomic E-state index is 13.0. The molecular formula is C87H185N23O15. The minimum Gasteiger partial charge on any atom is -0.480 e. The van der Waals surface area contributed by atoms with E-state index in [-0.39, 0.29) is 201 Å². The van der Waals surface area contributed by atoms with E-state index in [1.54, 1.807) is 120 Å². The Kier molecular flexibility index (Phi) is 61.9. The Balaban J connectivity index is -0.000000136. The maximum absolute atomic E-state index is 13.0. The molecule has 10 aliphatic rings. The van der Waals surface area contributed by atoms with Crippen LogP contribution in [0.1, 0.15) is 240 Å². The predicted molar refractivity (Wildman–Crippen MR) is 515 cm³/mol. The third-order valence-corrected chi connectivity index (χ3v) is 23.1. The number of carboxylic acids is 1. The number of carboxylic acid groups (broad SMARTS) is 1. The normalized spacial score (nSPS) is 21.7. The molecule has 5 fully saturated rings. The molecule has 0 aromatic rings. The minimum atomic E-state index is -0.979. The third-order valence-electron chi connectivity index (χ3n) is 23.1. The van der Waals surface area contributed by atoms with Gasteiger partial charge in [-0.25, -0.2) is 32.0 Å². The summed E-state index contributed by atoms with van der Waals surface area (Å²) in [4.78, 5) is 166. The zero-order valence-electron chi connectivity index (χ0n) is 70.8. The van der Waals surface area contributed by atoms with E-state index in [4.69, 9.17) is 10.4 Å². The Hall–Kier alpha value is -8.37. The second-order valence-electron chi connectivity index (χ2n) is 34.0. The average molecular weight is 1790 g/mol. The molecule has 0 aliphatic carbocycles. The maximum Gasteiger partial charge on any atom is 0.323 e. The number of hydrazone groups is 5. The second kappa shape index (κ2) is 55.4. The zero-order valence-corrected chi connectivity index (χ0v) is 70.8. The molecule has 738 valence electrons. The molecule has 10 aliphatic heterocycles. The fraction of sp³-hybridized carbons (Fsp3) is 0.805. The van der Waals surface area contributed by atoms with Crippen molar-refractivity contribution in [3.63, 3.8) is 0 Å². The standard InChI is InChI=1S/C16H27N5O3.C15H25N5O3.C13H22N4O2.C12H20N4O2.C7H11N3O.C6H13NO2.C4H11NO2.14CH4/c1-15(2,20(6)12(22)9-19(4)5)14(24)21-8-7-11-16(3,10-21)13(23)18-17-11;1-14(2,19(5)11(21)8-16-4)13(23)20-7-6-10-15(3,9-20)12(22)18-17-10;1-12(2,16(4)5)11(19)17-7-6-9-13(3,8-17)10(18)15-14-9;1-11(2,13-4)10(18)16-6-5-8-12(3,7-16)9(17)15-14-8;1-7-4-8-3-2-5(7)9-10-6(7)11;1-6(2,5(8)9)7(3)4;1-5(2)3-4-7-6;;;;;;;;;;;;;;/h7-10H2,1-6H3,(H,18,23);16H,6-9H2,1-5H3,(H,18,22);6-8H2,1-5H3,(H,15,18);13H,5-7H2,1-4H3,(H,15,17);8H,2-4H2,1H3,(H,10,11);1-4H3,(H,8,9);6H,3-4H2,1-2H3;14*1H4. The van der Waals surface area contributed by atoms with Crippen LogP contribution in [0.15, 0.2) is 25.5 Å². The molecule has 5 saturated heterocycles. The fourth-order valence-electron chi connectivity index (χ4n) is 12.8. The van der Waals surface area contributed by atoms with Gasteiger partial charge in [0.25, 0.3) is 29.5 Å². The van der Waals surface area contributed by atoms with E-state index < -0.39 is 55.3 Å². The van der Waals surface area contributed by atoms with Gasteiger partial charge in [-0.15, -0.1) is 0 Å². The number of nitrogens with one attached hydrogen (secondary N) is 8. The van der Waals surface area contributed by atoms with Crippen molar-refractivity contribution in [3.05, 3.63) is 0 Å². The number of carbonyl (C=O) groups is 12. The molecule has 5 atom stereocenters. The number of hydrogen-bond donors (Lipinski definition) is 10. The highest BCUT2D eigenvalue weighted by atomic mass is 17.1. The summed E-state index contributed by atoms with van der Waals surface area (Å²) >= 11 is 0. The van der Waals surface area contributed by atoms with E-state index in [1.807, 2.05) is 107 Å². The molecule has 10 rings (SSSR count). The van der Waals surface area contributed by atoms with E-state index in [1.165, 1.54) is 9.80 Å². The number of likely N-dealkylation sites (N-methyl/N-ethyl adjacent to an activating group) is 8. The number of carbonyl (C=O) groups excluding carboxylic acids is 11. The topological polar surface area (TPSA) is 445 Å². The molecule has 0 aromatic heterocycles. The Morgan fingerprint density at radius 3 is 0.912 bits per heavy atom. The van der Waals surface area contributed by atoms with Gasteiger partial charge in [0.05, 0.1) is 59.3 Å². The first kappa shape index (κ1) is 140. The summed E-state index contributed by atoms with van der Waals surface area (Å²) in [5.74, 6) is -1.87. The first-order valence-corrected chi connectivity index (χ1v) is 37.3. The van der Waals surface area contributed by atoms with Gasteiger partial charge in [-0.2, -0.15) is 25.5 Å². The van der Waals surface area contributed by atoms with Crippen LogP contribution in [0.3, 0.4) is 0 Å². The van der Waals surface area contributed by atoms with Gasteiger partial charge in [0.2, 0.25) is 35.4 Å². The first-order valence-electron chi connectivity index (χ1n) is 37.3. The van der Waals surface area contributed by atoms with E-state index in [0.29, 0.717) is 71.6 Å². The van der Waals surface area contributed by atoms with Crippen LogP contribution in [-0.2, 0) is 62.4 Å². The van der Waals surface area contributed by atoms with Crippen LogP contribution in [0.2, 0.25) is 0 Å². The highest BCUT2D eigenvalue weighted by Crippen LogP contribution is 2.37. The summed E-state index contributed by atoms with van der Waals surface area (Å²) in [5, 5.41) is 45.6. The predicted octanol–water partition coefficient (Wildman–Crippen LogP) is 7.26. The molecule has 38 heteroatoms. The van der Waals surface area contributed by atoms with Crippen molar-refractivity contribution in [2.45, 2.75) is 268 Å². The van der Waals surface area contributed by atoms with E-state index in [2.05, 4.69) is 73.5 Å². The monoisotopic (exact) mass is 1790 g/mol. The van der Waals surface area contributed by atoms with Gasteiger partial charge in [-0.1, -0.05) is 104 Å². The minimum absolute atomic E-state index is 0. The Labute approximate surface area is 757 Å². The molecular weight excluding hydrogens is 1610 g/mol. The van der Waals surface area contributed by atoms with Crippen LogP contribution >= 0.6 is 0 Å². The van der Waals surface area contributed by atoms with Crippen LogP contribution in [0.25, 0.3) is 0 Å². The number of rotatable bonds is 17. The van der Waals surface area contributed by atoms with Gasteiger partial charge in [0.1, 0.15) is 43.7 Å². The summed E-state index contributed by atoms with van der Waals surface area (Å²) in [6.45, 7) is 33.8. The molecule has 0 radical (unpaired) electrons. The van der Waals surface area contributed by atoms with E-state index in [9.17, 15) is 57.5 Å². The number of hydrogen-bond acceptors (Lipinski definition) is 26. The number of aliphatic carboxylic acids is 1. The lowest BCUT2D eigenvalue weighted by molar-refractivity contribution is -0.243.